The number of nitrogens with zero attached hydrogens (tertiary/aromatic N) is 7. The molecule has 0 aliphatic carbocycles. The summed E-state index contributed by atoms with van der Waals surface area (Å²) in [6.45, 7) is 3.87. The number of pyridine rings is 2. The fraction of sp³-hybridized carbons (Fsp3) is 0.321. The van der Waals surface area contributed by atoms with Crippen molar-refractivity contribution in [3.8, 4) is 17.2 Å². The van der Waals surface area contributed by atoms with Crippen LogP contribution in [0.15, 0.2) is 60.1 Å². The van der Waals surface area contributed by atoms with E-state index < -0.39 is 0 Å². The minimum Gasteiger partial charge on any atom is -0.377 e. The van der Waals surface area contributed by atoms with E-state index in [1.54, 1.807) is 16.9 Å². The zero-order valence-electron chi connectivity index (χ0n) is 20.7. The molecule has 3 fully saturated rings. The molecule has 8 heterocycles. The van der Waals surface area contributed by atoms with Crippen LogP contribution in [0.1, 0.15) is 29.7 Å². The zero-order chi connectivity index (χ0) is 25.6. The molecule has 4 aromatic rings. The number of fused-ring (bicyclic) bond motifs is 3. The average Bonchev–Trinajstić information content (AvgIpc) is 3.40. The lowest BCUT2D eigenvalue weighted by Gasteiger charge is -2.56. The van der Waals surface area contributed by atoms with E-state index in [4.69, 9.17) is 9.72 Å². The second kappa shape index (κ2) is 9.20. The van der Waals surface area contributed by atoms with Crippen LogP contribution in [-0.4, -0.2) is 67.9 Å². The Kier molecular flexibility index (Phi) is 5.53. The summed E-state index contributed by atoms with van der Waals surface area (Å²) >= 11 is 0. The van der Waals surface area contributed by atoms with Crippen molar-refractivity contribution in [2.45, 2.75) is 31.5 Å². The first-order chi connectivity index (χ1) is 18.7. The van der Waals surface area contributed by atoms with E-state index >= 15 is 0 Å². The third-order valence-corrected chi connectivity index (χ3v) is 7.87. The summed E-state index contributed by atoms with van der Waals surface area (Å²) in [6, 6.07) is 9.48. The number of hydrogen-bond acceptors (Lipinski definition) is 8. The van der Waals surface area contributed by atoms with Gasteiger partial charge in [-0.05, 0) is 42.2 Å². The molecule has 1 N–H and O–H groups in total. The van der Waals surface area contributed by atoms with Crippen molar-refractivity contribution in [3.63, 3.8) is 0 Å². The van der Waals surface area contributed by atoms with Crippen molar-refractivity contribution >= 4 is 16.9 Å². The van der Waals surface area contributed by atoms with Crippen molar-refractivity contribution in [1.82, 2.24) is 29.5 Å². The fourth-order valence-electron chi connectivity index (χ4n) is 5.90. The number of aromatic nitrogens is 5. The summed E-state index contributed by atoms with van der Waals surface area (Å²) in [5.41, 5.74) is 6.27. The van der Waals surface area contributed by atoms with E-state index in [2.05, 4.69) is 55.2 Å². The lowest BCUT2D eigenvalue weighted by atomic mass is 9.87. The lowest BCUT2D eigenvalue weighted by molar-refractivity contribution is -0.00977. The molecule has 190 valence electrons. The Morgan fingerprint density at radius 3 is 2.74 bits per heavy atom. The predicted molar refractivity (Wildman–Crippen MR) is 141 cm³/mol. The molecule has 0 radical (unpaired) electrons. The molecule has 2 unspecified atom stereocenters. The smallest absolute Gasteiger partial charge is 0.266 e. The molecule has 38 heavy (non-hydrogen) atoms. The van der Waals surface area contributed by atoms with Crippen molar-refractivity contribution in [2.75, 3.05) is 31.2 Å². The van der Waals surface area contributed by atoms with Crippen molar-refractivity contribution in [2.24, 2.45) is 0 Å². The number of piperazine rings is 1. The first-order valence-electron chi connectivity index (χ1n) is 12.9. The van der Waals surface area contributed by atoms with Crippen LogP contribution in [0.3, 0.4) is 0 Å². The molecule has 4 aromatic heterocycles. The fourth-order valence-corrected chi connectivity index (χ4v) is 5.90. The maximum absolute atomic E-state index is 11.3. The topological polar surface area (TPSA) is 115 Å². The Labute approximate surface area is 218 Å². The Balaban J connectivity index is 1.14. The van der Waals surface area contributed by atoms with E-state index in [-0.39, 0.29) is 5.56 Å². The van der Waals surface area contributed by atoms with Gasteiger partial charge in [-0.2, -0.15) is 10.4 Å². The van der Waals surface area contributed by atoms with Gasteiger partial charge in [-0.3, -0.25) is 14.7 Å². The summed E-state index contributed by atoms with van der Waals surface area (Å²) in [7, 11) is 0. The molecule has 0 aromatic carbocycles. The quantitative estimate of drug-likeness (QED) is 0.439. The Bertz CT molecular complexity index is 1620. The van der Waals surface area contributed by atoms with Crippen LogP contribution in [0.4, 0.5) is 5.82 Å². The highest BCUT2D eigenvalue weighted by atomic mass is 16.5. The molecule has 0 saturated carbocycles. The third kappa shape index (κ3) is 3.97. The molecule has 4 aliphatic heterocycles. The number of anilines is 1. The van der Waals surface area contributed by atoms with Gasteiger partial charge in [0.1, 0.15) is 11.9 Å². The summed E-state index contributed by atoms with van der Waals surface area (Å²) in [4.78, 5) is 27.9. The number of aromatic amines is 1. The Hall–Kier alpha value is -4.33. The van der Waals surface area contributed by atoms with Crippen LogP contribution >= 0.6 is 0 Å². The average molecular weight is 507 g/mol. The van der Waals surface area contributed by atoms with Crippen LogP contribution in [0.25, 0.3) is 22.2 Å². The van der Waals surface area contributed by atoms with Crippen LogP contribution in [0, 0.1) is 11.3 Å². The van der Waals surface area contributed by atoms with Gasteiger partial charge in [-0.15, -0.1) is 0 Å². The van der Waals surface area contributed by atoms with E-state index in [0.717, 1.165) is 59.8 Å². The second-order valence-electron chi connectivity index (χ2n) is 10.1. The van der Waals surface area contributed by atoms with Crippen LogP contribution in [-0.2, 0) is 11.3 Å². The van der Waals surface area contributed by atoms with Gasteiger partial charge in [0.2, 0.25) is 0 Å². The Morgan fingerprint density at radius 1 is 1.13 bits per heavy atom. The summed E-state index contributed by atoms with van der Waals surface area (Å²) in [5, 5.41) is 14.2. The minimum absolute atomic E-state index is 0.177. The van der Waals surface area contributed by atoms with E-state index in [0.29, 0.717) is 30.9 Å². The van der Waals surface area contributed by atoms with Gasteiger partial charge in [-0.25, -0.2) is 9.50 Å². The van der Waals surface area contributed by atoms with Gasteiger partial charge in [0.05, 0.1) is 42.4 Å². The van der Waals surface area contributed by atoms with Crippen molar-refractivity contribution in [3.05, 3.63) is 82.4 Å². The molecule has 2 atom stereocenters. The zero-order valence-corrected chi connectivity index (χ0v) is 20.7. The second-order valence-corrected chi connectivity index (χ2v) is 10.1. The number of nitriles is 1. The Morgan fingerprint density at radius 2 is 2.03 bits per heavy atom. The van der Waals surface area contributed by atoms with Gasteiger partial charge < -0.3 is 14.6 Å². The van der Waals surface area contributed by atoms with Crippen LogP contribution < -0.4 is 10.5 Å². The van der Waals surface area contributed by atoms with E-state index in [9.17, 15) is 10.1 Å². The van der Waals surface area contributed by atoms with Crippen LogP contribution in [0.2, 0.25) is 0 Å². The number of hydrogen-bond donors (Lipinski definition) is 1. The molecule has 10 heteroatoms. The molecule has 8 rings (SSSR count). The maximum Gasteiger partial charge on any atom is 0.266 e. The van der Waals surface area contributed by atoms with Crippen molar-refractivity contribution in [1.29, 1.82) is 5.26 Å². The highest BCUT2D eigenvalue weighted by Crippen LogP contribution is 2.36. The summed E-state index contributed by atoms with van der Waals surface area (Å²) in [6.07, 6.45) is 12.7. The van der Waals surface area contributed by atoms with Gasteiger partial charge in [0.15, 0.2) is 0 Å². The molecule has 4 aliphatic rings. The first-order valence-corrected chi connectivity index (χ1v) is 12.9. The number of ether oxygens (including phenoxy) is 1. The number of H-pyrrole nitrogens is 1. The largest absolute Gasteiger partial charge is 0.377 e. The van der Waals surface area contributed by atoms with Gasteiger partial charge in [0.25, 0.3) is 5.56 Å². The number of nitrogens with one attached hydrogen (secondary N) is 1. The summed E-state index contributed by atoms with van der Waals surface area (Å²) in [5.74, 6) is 0.957. The van der Waals surface area contributed by atoms with Crippen molar-refractivity contribution < 1.29 is 4.74 Å². The molecular formula is C28H26N8O2. The molecule has 10 nitrogen and oxygen atoms in total. The number of rotatable bonds is 5. The van der Waals surface area contributed by atoms with Crippen LogP contribution in [0.5, 0.6) is 0 Å². The van der Waals surface area contributed by atoms with E-state index in [1.807, 2.05) is 12.4 Å². The van der Waals surface area contributed by atoms with Gasteiger partial charge in [-0.1, -0.05) is 6.08 Å². The highest BCUT2D eigenvalue weighted by molar-refractivity contribution is 5.87. The first kappa shape index (κ1) is 22.8. The monoisotopic (exact) mass is 506 g/mol. The molecule has 0 spiro atoms. The molecule has 3 saturated heterocycles. The number of piperidine rings is 1. The predicted octanol–water partition coefficient (Wildman–Crippen LogP) is 2.62. The highest BCUT2D eigenvalue weighted by Gasteiger charge is 2.44. The third-order valence-electron chi connectivity index (χ3n) is 7.87. The maximum atomic E-state index is 11.3. The lowest BCUT2D eigenvalue weighted by Crippen LogP contribution is -2.68. The van der Waals surface area contributed by atoms with Gasteiger partial charge >= 0.3 is 0 Å². The summed E-state index contributed by atoms with van der Waals surface area (Å²) < 4.78 is 7.29. The standard InChI is InChI=1S/C28H26N8O2/c29-9-21-11-33-36-14-20(18-3-5-38-6-4-18)7-25(28(21)36)19-1-2-26(31-10-19)34-16-23-8-24(17-34)35(23)15-22-12-32-27(37)13-30-22/h1-3,7,10-14,23-24H,4-6,8,15-17H2,(H,32,37). The van der Waals surface area contributed by atoms with E-state index in [1.165, 1.54) is 18.2 Å². The minimum atomic E-state index is -0.177. The molecule has 2 bridgehead atoms. The molecule has 0 amide bonds. The molecular weight excluding hydrogens is 480 g/mol. The van der Waals surface area contributed by atoms with Gasteiger partial charge in [0, 0.05) is 61.4 Å². The SMILES string of the molecule is N#Cc1cnn2cc(C3=CCOCC3)cc(-c3ccc(N4CC5CC(C4)N5Cc4c[nH]c(=O)cn4)nc3)c12. The normalized spacial score (nSPS) is 21.1.